The minimum Gasteiger partial charge on any atom is -0.347 e. The summed E-state index contributed by atoms with van der Waals surface area (Å²) in [6, 6.07) is 9.80. The number of hydrogen-bond donors (Lipinski definition) is 1. The van der Waals surface area contributed by atoms with E-state index in [0.717, 1.165) is 36.1 Å². The van der Waals surface area contributed by atoms with Gasteiger partial charge in [-0.3, -0.25) is 14.3 Å². The molecule has 6 nitrogen and oxygen atoms in total. The fraction of sp³-hybridized carbons (Fsp3) is 0.421. The quantitative estimate of drug-likeness (QED) is 0.922. The maximum absolute atomic E-state index is 12.6. The minimum absolute atomic E-state index is 0.179. The number of carbonyl (C=O) groups is 2. The van der Waals surface area contributed by atoms with Gasteiger partial charge in [-0.1, -0.05) is 30.3 Å². The van der Waals surface area contributed by atoms with Crippen LogP contribution in [-0.2, 0) is 31.4 Å². The van der Waals surface area contributed by atoms with Gasteiger partial charge in [0.2, 0.25) is 5.91 Å². The second-order valence-corrected chi connectivity index (χ2v) is 6.85. The van der Waals surface area contributed by atoms with Crippen molar-refractivity contribution in [3.63, 3.8) is 0 Å². The second-order valence-electron chi connectivity index (χ2n) is 6.85. The van der Waals surface area contributed by atoms with E-state index < -0.39 is 0 Å². The van der Waals surface area contributed by atoms with Gasteiger partial charge in [-0.15, -0.1) is 0 Å². The molecule has 0 radical (unpaired) electrons. The van der Waals surface area contributed by atoms with E-state index >= 15 is 0 Å². The smallest absolute Gasteiger partial charge is 0.272 e. The molecule has 2 aliphatic rings. The number of amides is 2. The number of aryl methyl sites for hydroxylation is 1. The van der Waals surface area contributed by atoms with Crippen molar-refractivity contribution < 1.29 is 9.59 Å². The molecule has 25 heavy (non-hydrogen) atoms. The van der Waals surface area contributed by atoms with Crippen LogP contribution in [0.1, 0.15) is 40.2 Å². The molecule has 1 aliphatic carbocycles. The Hall–Kier alpha value is -2.63. The van der Waals surface area contributed by atoms with Crippen LogP contribution in [0, 0.1) is 5.92 Å². The number of rotatable bonds is 4. The van der Waals surface area contributed by atoms with Gasteiger partial charge in [0.25, 0.3) is 5.91 Å². The van der Waals surface area contributed by atoms with E-state index in [0.29, 0.717) is 25.3 Å². The fourth-order valence-electron chi connectivity index (χ4n) is 3.41. The Morgan fingerprint density at radius 2 is 2.00 bits per heavy atom. The lowest BCUT2D eigenvalue weighted by atomic mass is 10.0. The molecule has 130 valence electrons. The molecule has 4 rings (SSSR count). The molecule has 1 aliphatic heterocycles. The first-order valence-electron chi connectivity index (χ1n) is 8.79. The summed E-state index contributed by atoms with van der Waals surface area (Å²) < 4.78 is 1.78. The van der Waals surface area contributed by atoms with Gasteiger partial charge in [0.1, 0.15) is 0 Å². The van der Waals surface area contributed by atoms with Crippen molar-refractivity contribution in [3.05, 3.63) is 52.8 Å². The summed E-state index contributed by atoms with van der Waals surface area (Å²) in [5, 5.41) is 7.37. The van der Waals surface area contributed by atoms with E-state index in [1.54, 1.807) is 4.68 Å². The van der Waals surface area contributed by atoms with E-state index in [2.05, 4.69) is 10.4 Å². The molecular formula is C19H22N4O2. The number of hydrogen-bond acceptors (Lipinski definition) is 3. The van der Waals surface area contributed by atoms with Gasteiger partial charge < -0.3 is 10.2 Å². The van der Waals surface area contributed by atoms with E-state index in [9.17, 15) is 9.59 Å². The van der Waals surface area contributed by atoms with E-state index in [4.69, 9.17) is 0 Å². The lowest BCUT2D eigenvalue weighted by molar-refractivity contribution is -0.133. The molecule has 0 atom stereocenters. The SMILES string of the molecule is Cn1nc(C(=O)NCc2ccccc2)c2c1CCN(C(=O)C1CC1)C2. The second kappa shape index (κ2) is 6.35. The highest BCUT2D eigenvalue weighted by Crippen LogP contribution is 2.33. The van der Waals surface area contributed by atoms with Crippen LogP contribution in [0.15, 0.2) is 30.3 Å². The van der Waals surface area contributed by atoms with Gasteiger partial charge >= 0.3 is 0 Å². The van der Waals surface area contributed by atoms with Crippen LogP contribution in [0.3, 0.4) is 0 Å². The van der Waals surface area contributed by atoms with Crippen LogP contribution >= 0.6 is 0 Å². The zero-order chi connectivity index (χ0) is 17.4. The molecule has 6 heteroatoms. The van der Waals surface area contributed by atoms with Gasteiger partial charge in [0.15, 0.2) is 5.69 Å². The van der Waals surface area contributed by atoms with Crippen LogP contribution in [0.2, 0.25) is 0 Å². The maximum atomic E-state index is 12.6. The van der Waals surface area contributed by atoms with Crippen molar-refractivity contribution >= 4 is 11.8 Å². The van der Waals surface area contributed by atoms with Crippen LogP contribution < -0.4 is 5.32 Å². The summed E-state index contributed by atoms with van der Waals surface area (Å²) >= 11 is 0. The Kier molecular flexibility index (Phi) is 4.03. The van der Waals surface area contributed by atoms with Crippen LogP contribution in [0.5, 0.6) is 0 Å². The fourth-order valence-corrected chi connectivity index (χ4v) is 3.41. The summed E-state index contributed by atoms with van der Waals surface area (Å²) in [7, 11) is 1.87. The number of nitrogens with zero attached hydrogens (tertiary/aromatic N) is 3. The van der Waals surface area contributed by atoms with Gasteiger partial charge in [0.05, 0.1) is 0 Å². The summed E-state index contributed by atoms with van der Waals surface area (Å²) in [6.45, 7) is 1.68. The minimum atomic E-state index is -0.179. The molecule has 1 N–H and O–H groups in total. The topological polar surface area (TPSA) is 67.2 Å². The van der Waals surface area contributed by atoms with Crippen molar-refractivity contribution in [1.29, 1.82) is 0 Å². The molecule has 1 aromatic heterocycles. The summed E-state index contributed by atoms with van der Waals surface area (Å²) in [5.41, 5.74) is 3.45. The molecule has 0 bridgehead atoms. The van der Waals surface area contributed by atoms with Gasteiger partial charge in [-0.2, -0.15) is 5.10 Å². The number of benzene rings is 1. The Bertz CT molecular complexity index is 808. The molecule has 2 heterocycles. The average molecular weight is 338 g/mol. The molecule has 0 unspecified atom stereocenters. The Balaban J connectivity index is 1.50. The molecular weight excluding hydrogens is 316 g/mol. The van der Waals surface area contributed by atoms with Crippen LogP contribution in [0.25, 0.3) is 0 Å². The maximum Gasteiger partial charge on any atom is 0.272 e. The Morgan fingerprint density at radius 1 is 1.24 bits per heavy atom. The lowest BCUT2D eigenvalue weighted by Gasteiger charge is -2.27. The van der Waals surface area contributed by atoms with Crippen LogP contribution in [-0.4, -0.2) is 33.0 Å². The standard InChI is InChI=1S/C19H22N4O2/c1-22-16-9-10-23(19(25)14-7-8-14)12-15(16)17(21-22)18(24)20-11-13-5-3-2-4-6-13/h2-6,14H,7-12H2,1H3,(H,20,24). The highest BCUT2D eigenvalue weighted by atomic mass is 16.2. The third-order valence-electron chi connectivity index (χ3n) is 4.99. The molecule has 0 spiro atoms. The molecule has 0 saturated heterocycles. The normalized spacial score (nSPS) is 16.4. The van der Waals surface area contributed by atoms with E-state index in [-0.39, 0.29) is 17.7 Å². The highest BCUT2D eigenvalue weighted by Gasteiger charge is 2.36. The average Bonchev–Trinajstić information content (AvgIpc) is 3.44. The highest BCUT2D eigenvalue weighted by molar-refractivity contribution is 5.94. The summed E-state index contributed by atoms with van der Waals surface area (Å²) in [6.07, 6.45) is 2.75. The zero-order valence-electron chi connectivity index (χ0n) is 14.4. The number of fused-ring (bicyclic) bond motifs is 1. The van der Waals surface area contributed by atoms with Crippen molar-refractivity contribution in [2.75, 3.05) is 6.54 Å². The molecule has 2 aromatic rings. The number of aromatic nitrogens is 2. The number of nitrogens with one attached hydrogen (secondary N) is 1. The van der Waals surface area contributed by atoms with Gasteiger partial charge in [-0.25, -0.2) is 0 Å². The van der Waals surface area contributed by atoms with Crippen molar-refractivity contribution in [3.8, 4) is 0 Å². The zero-order valence-corrected chi connectivity index (χ0v) is 14.4. The van der Waals surface area contributed by atoms with E-state index in [1.807, 2.05) is 42.3 Å². The van der Waals surface area contributed by atoms with Gasteiger partial charge in [-0.05, 0) is 18.4 Å². The van der Waals surface area contributed by atoms with Crippen molar-refractivity contribution in [2.24, 2.45) is 13.0 Å². The first-order valence-corrected chi connectivity index (χ1v) is 8.79. The summed E-state index contributed by atoms with van der Waals surface area (Å²) in [5.74, 6) is 0.250. The number of carbonyl (C=O) groups excluding carboxylic acids is 2. The lowest BCUT2D eigenvalue weighted by Crippen LogP contribution is -2.38. The van der Waals surface area contributed by atoms with Crippen LogP contribution in [0.4, 0.5) is 0 Å². The van der Waals surface area contributed by atoms with Crippen molar-refractivity contribution in [2.45, 2.75) is 32.4 Å². The predicted octanol–water partition coefficient (Wildman–Crippen LogP) is 1.64. The molecule has 1 fully saturated rings. The van der Waals surface area contributed by atoms with Gasteiger partial charge in [0, 0.05) is 50.3 Å². The third-order valence-corrected chi connectivity index (χ3v) is 4.99. The van der Waals surface area contributed by atoms with Crippen molar-refractivity contribution in [1.82, 2.24) is 20.0 Å². The Morgan fingerprint density at radius 3 is 2.72 bits per heavy atom. The monoisotopic (exact) mass is 338 g/mol. The largest absolute Gasteiger partial charge is 0.347 e. The molecule has 1 aromatic carbocycles. The molecule has 2 amide bonds. The first-order chi connectivity index (χ1) is 12.1. The third kappa shape index (κ3) is 3.16. The Labute approximate surface area is 146 Å². The summed E-state index contributed by atoms with van der Waals surface area (Å²) in [4.78, 5) is 26.9. The molecule has 1 saturated carbocycles. The first kappa shape index (κ1) is 15.9. The predicted molar refractivity (Wildman–Crippen MR) is 92.7 cm³/mol. The van der Waals surface area contributed by atoms with E-state index in [1.165, 1.54) is 0 Å².